The van der Waals surface area contributed by atoms with Crippen LogP contribution >= 0.6 is 0 Å². The number of anilines is 1. The van der Waals surface area contributed by atoms with E-state index in [1.807, 2.05) is 0 Å². The van der Waals surface area contributed by atoms with Gasteiger partial charge in [0.25, 0.3) is 5.91 Å². The highest BCUT2D eigenvalue weighted by Gasteiger charge is 2.44. The number of aromatic nitrogens is 2. The van der Waals surface area contributed by atoms with E-state index in [1.165, 1.54) is 47.6 Å². The first-order valence-electron chi connectivity index (χ1n) is 8.67. The van der Waals surface area contributed by atoms with Crippen LogP contribution in [-0.2, 0) is 0 Å². The Morgan fingerprint density at radius 1 is 0.931 bits per heavy atom. The van der Waals surface area contributed by atoms with Gasteiger partial charge in [0.15, 0.2) is 5.43 Å². The number of hydrogen-bond acceptors (Lipinski definition) is 5. The first kappa shape index (κ1) is 17.2. The van der Waals surface area contributed by atoms with E-state index in [4.69, 9.17) is 4.42 Å². The van der Waals surface area contributed by atoms with Crippen LogP contribution in [0, 0.1) is 11.6 Å². The van der Waals surface area contributed by atoms with Crippen molar-refractivity contribution < 1.29 is 18.0 Å². The Morgan fingerprint density at radius 3 is 2.34 bits per heavy atom. The maximum atomic E-state index is 13.7. The summed E-state index contributed by atoms with van der Waals surface area (Å²) in [5.41, 5.74) is 0.0557. The van der Waals surface area contributed by atoms with E-state index in [1.54, 1.807) is 6.07 Å². The minimum absolute atomic E-state index is 0.0134. The lowest BCUT2D eigenvalue weighted by molar-refractivity contribution is 0.0969. The minimum Gasteiger partial charge on any atom is -0.450 e. The average molecular weight is 391 g/mol. The molecule has 5 rings (SSSR count). The number of nitrogens with zero attached hydrogens (tertiary/aromatic N) is 3. The lowest BCUT2D eigenvalue weighted by Gasteiger charge is -2.22. The molecule has 0 N–H and O–H groups in total. The van der Waals surface area contributed by atoms with Crippen molar-refractivity contribution in [3.8, 4) is 0 Å². The molecule has 0 saturated carbocycles. The van der Waals surface area contributed by atoms with Gasteiger partial charge >= 0.3 is 0 Å². The van der Waals surface area contributed by atoms with E-state index in [2.05, 4.69) is 9.97 Å². The fraction of sp³-hybridized carbons (Fsp3) is 0.0476. The van der Waals surface area contributed by atoms with E-state index in [9.17, 15) is 18.4 Å². The predicted octanol–water partition coefficient (Wildman–Crippen LogP) is 3.61. The van der Waals surface area contributed by atoms with Gasteiger partial charge in [-0.1, -0.05) is 12.1 Å². The third-order valence-electron chi connectivity index (χ3n) is 4.79. The number of carbonyl (C=O) groups excluding carboxylic acids is 1. The molecule has 0 radical (unpaired) electrons. The highest BCUT2D eigenvalue weighted by molar-refractivity contribution is 6.09. The second-order valence-electron chi connectivity index (χ2n) is 6.49. The highest BCUT2D eigenvalue weighted by Crippen LogP contribution is 2.39. The summed E-state index contributed by atoms with van der Waals surface area (Å²) in [6, 6.07) is 9.54. The van der Waals surface area contributed by atoms with Crippen molar-refractivity contribution in [2.24, 2.45) is 0 Å². The standard InChI is InChI=1S/C21H11F2N3O3/c22-12-4-2-11(3-5-12)17-16-18(27)14-10-13(23)6-7-15(14)29-19(16)20(28)26(17)21-24-8-1-9-25-21/h1-10,17H. The molecule has 6 nitrogen and oxygen atoms in total. The Bertz CT molecular complexity index is 1320. The van der Waals surface area contributed by atoms with E-state index >= 15 is 0 Å². The quantitative estimate of drug-likeness (QED) is 0.522. The average Bonchev–Trinajstić information content (AvgIpc) is 3.03. The number of rotatable bonds is 2. The third kappa shape index (κ3) is 2.60. The molecule has 0 fully saturated rings. The van der Waals surface area contributed by atoms with Crippen LogP contribution in [0.15, 0.2) is 70.1 Å². The van der Waals surface area contributed by atoms with Gasteiger partial charge in [0, 0.05) is 12.4 Å². The Hall–Kier alpha value is -3.94. The van der Waals surface area contributed by atoms with Gasteiger partial charge in [-0.15, -0.1) is 0 Å². The zero-order valence-corrected chi connectivity index (χ0v) is 14.7. The SMILES string of the molecule is O=C1c2oc3ccc(F)cc3c(=O)c2C(c2ccc(F)cc2)N1c1ncccn1. The summed E-state index contributed by atoms with van der Waals surface area (Å²) in [5.74, 6) is -1.78. The molecule has 1 amide bonds. The molecule has 0 bridgehead atoms. The molecule has 1 aliphatic rings. The van der Waals surface area contributed by atoms with Crippen molar-refractivity contribution in [3.63, 3.8) is 0 Å². The fourth-order valence-corrected chi connectivity index (χ4v) is 3.53. The fourth-order valence-electron chi connectivity index (χ4n) is 3.53. The van der Waals surface area contributed by atoms with Crippen LogP contribution in [-0.4, -0.2) is 15.9 Å². The van der Waals surface area contributed by atoms with Gasteiger partial charge in [0.1, 0.15) is 17.2 Å². The van der Waals surface area contributed by atoms with Crippen molar-refractivity contribution >= 4 is 22.8 Å². The number of benzene rings is 2. The van der Waals surface area contributed by atoms with E-state index in [-0.39, 0.29) is 28.2 Å². The first-order chi connectivity index (χ1) is 14.0. The smallest absolute Gasteiger partial charge is 0.297 e. The van der Waals surface area contributed by atoms with Crippen molar-refractivity contribution in [3.05, 3.63) is 99.7 Å². The van der Waals surface area contributed by atoms with Crippen LogP contribution in [0.2, 0.25) is 0 Å². The Labute approximate surface area is 162 Å². The van der Waals surface area contributed by atoms with Gasteiger partial charge in [-0.3, -0.25) is 14.5 Å². The number of fused-ring (bicyclic) bond motifs is 2. The molecule has 1 unspecified atom stereocenters. The molecule has 1 atom stereocenters. The molecular weight excluding hydrogens is 380 g/mol. The van der Waals surface area contributed by atoms with E-state index < -0.39 is 29.0 Å². The van der Waals surface area contributed by atoms with Crippen LogP contribution in [0.5, 0.6) is 0 Å². The zero-order valence-electron chi connectivity index (χ0n) is 14.7. The van der Waals surface area contributed by atoms with Gasteiger partial charge in [0.05, 0.1) is 17.0 Å². The normalized spacial score (nSPS) is 15.7. The van der Waals surface area contributed by atoms with Crippen molar-refractivity contribution in [2.75, 3.05) is 4.90 Å². The van der Waals surface area contributed by atoms with Crippen LogP contribution in [0.1, 0.15) is 27.7 Å². The number of halogens is 2. The lowest BCUT2D eigenvalue weighted by atomic mass is 9.98. The number of amides is 1. The molecule has 4 aromatic rings. The van der Waals surface area contributed by atoms with Gasteiger partial charge < -0.3 is 4.42 Å². The summed E-state index contributed by atoms with van der Waals surface area (Å²) in [6.07, 6.45) is 2.92. The van der Waals surface area contributed by atoms with Crippen molar-refractivity contribution in [1.29, 1.82) is 0 Å². The van der Waals surface area contributed by atoms with Crippen LogP contribution in [0.3, 0.4) is 0 Å². The van der Waals surface area contributed by atoms with Gasteiger partial charge in [-0.05, 0) is 42.0 Å². The molecular formula is C21H11F2N3O3. The molecule has 142 valence electrons. The zero-order chi connectivity index (χ0) is 20.1. The molecule has 29 heavy (non-hydrogen) atoms. The van der Waals surface area contributed by atoms with E-state index in [0.29, 0.717) is 5.56 Å². The molecule has 2 aromatic heterocycles. The Balaban J connectivity index is 1.83. The van der Waals surface area contributed by atoms with Crippen LogP contribution in [0.25, 0.3) is 11.0 Å². The monoisotopic (exact) mass is 391 g/mol. The summed E-state index contributed by atoms with van der Waals surface area (Å²) in [7, 11) is 0. The predicted molar refractivity (Wildman–Crippen MR) is 99.5 cm³/mol. The number of hydrogen-bond donors (Lipinski definition) is 0. The molecule has 0 spiro atoms. The summed E-state index contributed by atoms with van der Waals surface area (Å²) in [5, 5.41) is 0.0134. The Morgan fingerprint density at radius 2 is 1.62 bits per heavy atom. The second-order valence-corrected chi connectivity index (χ2v) is 6.49. The molecule has 0 aliphatic carbocycles. The summed E-state index contributed by atoms with van der Waals surface area (Å²) in [4.78, 5) is 35.9. The largest absolute Gasteiger partial charge is 0.450 e. The van der Waals surface area contributed by atoms with Gasteiger partial charge in [-0.25, -0.2) is 18.7 Å². The van der Waals surface area contributed by atoms with Crippen molar-refractivity contribution in [1.82, 2.24) is 9.97 Å². The molecule has 1 aliphatic heterocycles. The van der Waals surface area contributed by atoms with Gasteiger partial charge in [-0.2, -0.15) is 0 Å². The van der Waals surface area contributed by atoms with Crippen LogP contribution < -0.4 is 10.3 Å². The van der Waals surface area contributed by atoms with E-state index in [0.717, 1.165) is 12.1 Å². The molecule has 0 saturated heterocycles. The van der Waals surface area contributed by atoms with Crippen LogP contribution in [0.4, 0.5) is 14.7 Å². The highest BCUT2D eigenvalue weighted by atomic mass is 19.1. The first-order valence-corrected chi connectivity index (χ1v) is 8.67. The maximum Gasteiger partial charge on any atom is 0.297 e. The molecule has 2 aromatic carbocycles. The third-order valence-corrected chi connectivity index (χ3v) is 4.79. The minimum atomic E-state index is -0.940. The van der Waals surface area contributed by atoms with Crippen molar-refractivity contribution in [2.45, 2.75) is 6.04 Å². The lowest BCUT2D eigenvalue weighted by Crippen LogP contribution is -2.31. The Kier molecular flexibility index (Phi) is 3.73. The summed E-state index contributed by atoms with van der Waals surface area (Å²) >= 11 is 0. The molecule has 8 heteroatoms. The summed E-state index contributed by atoms with van der Waals surface area (Å²) < 4.78 is 32.9. The summed E-state index contributed by atoms with van der Waals surface area (Å²) in [6.45, 7) is 0. The maximum absolute atomic E-state index is 13.7. The topological polar surface area (TPSA) is 76.3 Å². The second kappa shape index (κ2) is 6.30. The number of carbonyl (C=O) groups is 1. The molecule has 3 heterocycles. The van der Waals surface area contributed by atoms with Gasteiger partial charge in [0.2, 0.25) is 11.7 Å².